The van der Waals surface area contributed by atoms with Gasteiger partial charge in [0.05, 0.1) is 21.5 Å². The Hall–Kier alpha value is -2.47. The van der Waals surface area contributed by atoms with Gasteiger partial charge >= 0.3 is 0 Å². The molecule has 0 atom stereocenters. The number of nitrogen functional groups attached to an aromatic ring is 1. The molecule has 0 aliphatic carbocycles. The topological polar surface area (TPSA) is 97.8 Å². The van der Waals surface area contributed by atoms with Crippen LogP contribution in [-0.2, 0) is 0 Å². The number of carbonyl (C=O) groups is 1. The van der Waals surface area contributed by atoms with Crippen molar-refractivity contribution in [3.05, 3.63) is 47.5 Å². The number of amides is 1. The van der Waals surface area contributed by atoms with Crippen LogP contribution >= 0.6 is 11.8 Å². The summed E-state index contributed by atoms with van der Waals surface area (Å²) in [6.45, 7) is 2.02. The van der Waals surface area contributed by atoms with Crippen molar-refractivity contribution in [3.8, 4) is 0 Å². The van der Waals surface area contributed by atoms with E-state index in [0.29, 0.717) is 21.3 Å². The molecule has 0 aliphatic heterocycles. The monoisotopic (exact) mass is 298 g/mol. The summed E-state index contributed by atoms with van der Waals surface area (Å²) in [5.41, 5.74) is 15.2. The first kappa shape index (κ1) is 13.5. The van der Waals surface area contributed by atoms with Crippen LogP contribution in [0.4, 0.5) is 5.69 Å². The summed E-state index contributed by atoms with van der Waals surface area (Å²) >= 11 is 1.31. The molecule has 0 aliphatic rings. The Bertz CT molecular complexity index is 841. The SMILES string of the molecule is Cc1ccc2nc(Sc3c(N)cccc3C(N)=O)[nH]c2c1. The van der Waals surface area contributed by atoms with Crippen LogP contribution in [0.5, 0.6) is 0 Å². The molecule has 3 aromatic rings. The first-order valence-electron chi connectivity index (χ1n) is 6.37. The van der Waals surface area contributed by atoms with Crippen LogP contribution in [0.2, 0.25) is 0 Å². The molecule has 0 spiro atoms. The lowest BCUT2D eigenvalue weighted by Crippen LogP contribution is -2.13. The highest BCUT2D eigenvalue weighted by molar-refractivity contribution is 7.99. The van der Waals surface area contributed by atoms with E-state index in [4.69, 9.17) is 11.5 Å². The fourth-order valence-corrected chi connectivity index (χ4v) is 3.07. The molecule has 3 rings (SSSR count). The van der Waals surface area contributed by atoms with Gasteiger partial charge in [0.1, 0.15) is 0 Å². The minimum atomic E-state index is -0.503. The molecule has 0 bridgehead atoms. The molecule has 21 heavy (non-hydrogen) atoms. The fourth-order valence-electron chi connectivity index (χ4n) is 2.11. The van der Waals surface area contributed by atoms with Crippen LogP contribution in [0.15, 0.2) is 46.5 Å². The number of aryl methyl sites for hydroxylation is 1. The Kier molecular flexibility index (Phi) is 3.31. The average Bonchev–Trinajstić information content (AvgIpc) is 2.82. The zero-order valence-electron chi connectivity index (χ0n) is 11.4. The molecule has 1 aromatic heterocycles. The van der Waals surface area contributed by atoms with E-state index in [-0.39, 0.29) is 0 Å². The van der Waals surface area contributed by atoms with Crippen LogP contribution in [0.1, 0.15) is 15.9 Å². The molecule has 5 nitrogen and oxygen atoms in total. The number of aromatic amines is 1. The summed E-state index contributed by atoms with van der Waals surface area (Å²) in [5, 5.41) is 0.677. The molecule has 0 saturated carbocycles. The predicted octanol–water partition coefficient (Wildman–Crippen LogP) is 2.70. The lowest BCUT2D eigenvalue weighted by Gasteiger charge is -2.07. The molecule has 2 aromatic carbocycles. The van der Waals surface area contributed by atoms with Gasteiger partial charge in [0.2, 0.25) is 5.91 Å². The first-order chi connectivity index (χ1) is 10.0. The van der Waals surface area contributed by atoms with Crippen molar-refractivity contribution in [1.82, 2.24) is 9.97 Å². The van der Waals surface area contributed by atoms with Crippen molar-refractivity contribution >= 4 is 34.4 Å². The summed E-state index contributed by atoms with van der Waals surface area (Å²) in [7, 11) is 0. The molecular weight excluding hydrogens is 284 g/mol. The van der Waals surface area contributed by atoms with Gasteiger partial charge in [-0.25, -0.2) is 4.98 Å². The third kappa shape index (κ3) is 2.57. The first-order valence-corrected chi connectivity index (χ1v) is 7.19. The molecule has 0 fully saturated rings. The van der Waals surface area contributed by atoms with E-state index >= 15 is 0 Å². The lowest BCUT2D eigenvalue weighted by atomic mass is 10.2. The van der Waals surface area contributed by atoms with Gasteiger partial charge in [-0.15, -0.1) is 0 Å². The summed E-state index contributed by atoms with van der Waals surface area (Å²) in [6, 6.07) is 11.1. The zero-order valence-corrected chi connectivity index (χ0v) is 12.2. The second-order valence-electron chi connectivity index (χ2n) is 4.75. The number of imidazole rings is 1. The number of nitrogens with one attached hydrogen (secondary N) is 1. The van der Waals surface area contributed by atoms with Gasteiger partial charge in [0.25, 0.3) is 0 Å². The number of carbonyl (C=O) groups excluding carboxylic acids is 1. The van der Waals surface area contributed by atoms with Crippen molar-refractivity contribution in [2.75, 3.05) is 5.73 Å². The Morgan fingerprint density at radius 1 is 1.29 bits per heavy atom. The van der Waals surface area contributed by atoms with Crippen molar-refractivity contribution in [1.29, 1.82) is 0 Å². The van der Waals surface area contributed by atoms with Gasteiger partial charge in [-0.1, -0.05) is 12.1 Å². The lowest BCUT2D eigenvalue weighted by molar-refractivity contribution is 0.0997. The maximum absolute atomic E-state index is 11.5. The molecular formula is C15H14N4OS. The smallest absolute Gasteiger partial charge is 0.249 e. The quantitative estimate of drug-likeness (QED) is 0.647. The van der Waals surface area contributed by atoms with E-state index in [9.17, 15) is 4.79 Å². The van der Waals surface area contributed by atoms with Crippen molar-refractivity contribution in [3.63, 3.8) is 0 Å². The predicted molar refractivity (Wildman–Crippen MR) is 84.3 cm³/mol. The number of benzene rings is 2. The molecule has 0 unspecified atom stereocenters. The summed E-state index contributed by atoms with van der Waals surface area (Å²) in [5.74, 6) is -0.503. The van der Waals surface area contributed by atoms with Crippen molar-refractivity contribution in [2.45, 2.75) is 17.0 Å². The van der Waals surface area contributed by atoms with E-state index in [1.54, 1.807) is 18.2 Å². The van der Waals surface area contributed by atoms with Gasteiger partial charge in [-0.05, 0) is 48.5 Å². The Labute approximate surface area is 125 Å². The number of hydrogen-bond donors (Lipinski definition) is 3. The van der Waals surface area contributed by atoms with Gasteiger partial charge in [0.15, 0.2) is 5.16 Å². The minimum Gasteiger partial charge on any atom is -0.398 e. The van der Waals surface area contributed by atoms with Gasteiger partial charge in [0, 0.05) is 5.69 Å². The molecule has 106 valence electrons. The summed E-state index contributed by atoms with van der Waals surface area (Å²) in [4.78, 5) is 19.8. The highest BCUT2D eigenvalue weighted by Crippen LogP contribution is 2.34. The molecule has 1 heterocycles. The number of nitrogens with zero attached hydrogens (tertiary/aromatic N) is 1. The minimum absolute atomic E-state index is 0.400. The standard InChI is InChI=1S/C15H14N4OS/c1-8-5-6-11-12(7-8)19-15(18-11)21-13-9(14(17)20)3-2-4-10(13)16/h2-7H,16H2,1H3,(H2,17,20)(H,18,19). The maximum atomic E-state index is 11.5. The number of anilines is 1. The molecule has 1 amide bonds. The number of H-pyrrole nitrogens is 1. The third-order valence-electron chi connectivity index (χ3n) is 3.13. The van der Waals surface area contributed by atoms with Crippen LogP contribution in [-0.4, -0.2) is 15.9 Å². The Morgan fingerprint density at radius 2 is 2.10 bits per heavy atom. The number of aromatic nitrogens is 2. The van der Waals surface area contributed by atoms with Gasteiger partial charge < -0.3 is 16.5 Å². The maximum Gasteiger partial charge on any atom is 0.249 e. The van der Waals surface area contributed by atoms with E-state index in [2.05, 4.69) is 9.97 Å². The van der Waals surface area contributed by atoms with Crippen LogP contribution in [0.3, 0.4) is 0 Å². The van der Waals surface area contributed by atoms with E-state index in [0.717, 1.165) is 16.6 Å². The second kappa shape index (κ2) is 5.14. The third-order valence-corrected chi connectivity index (χ3v) is 4.17. The highest BCUT2D eigenvalue weighted by atomic mass is 32.2. The van der Waals surface area contributed by atoms with Crippen molar-refractivity contribution in [2.24, 2.45) is 5.73 Å². The average molecular weight is 298 g/mol. The largest absolute Gasteiger partial charge is 0.398 e. The summed E-state index contributed by atoms with van der Waals surface area (Å²) < 4.78 is 0. The van der Waals surface area contributed by atoms with Crippen LogP contribution in [0, 0.1) is 6.92 Å². The Balaban J connectivity index is 2.04. The fraction of sp³-hybridized carbons (Fsp3) is 0.0667. The van der Waals surface area contributed by atoms with Gasteiger partial charge in [-0.3, -0.25) is 4.79 Å². The number of nitrogens with two attached hydrogens (primary N) is 2. The molecule has 0 saturated heterocycles. The van der Waals surface area contributed by atoms with E-state index < -0.39 is 5.91 Å². The molecule has 5 N–H and O–H groups in total. The molecule has 6 heteroatoms. The van der Waals surface area contributed by atoms with Crippen molar-refractivity contribution < 1.29 is 4.79 Å². The van der Waals surface area contributed by atoms with Gasteiger partial charge in [-0.2, -0.15) is 0 Å². The zero-order chi connectivity index (χ0) is 15.0. The number of hydrogen-bond acceptors (Lipinski definition) is 4. The number of primary amides is 1. The van der Waals surface area contributed by atoms with Crippen LogP contribution < -0.4 is 11.5 Å². The van der Waals surface area contributed by atoms with E-state index in [1.807, 2.05) is 25.1 Å². The summed E-state index contributed by atoms with van der Waals surface area (Å²) in [6.07, 6.45) is 0. The van der Waals surface area contributed by atoms with E-state index in [1.165, 1.54) is 11.8 Å². The molecule has 0 radical (unpaired) electrons. The number of fused-ring (bicyclic) bond motifs is 1. The second-order valence-corrected chi connectivity index (χ2v) is 5.75. The highest BCUT2D eigenvalue weighted by Gasteiger charge is 2.14. The van der Waals surface area contributed by atoms with Crippen LogP contribution in [0.25, 0.3) is 11.0 Å². The Morgan fingerprint density at radius 3 is 2.86 bits per heavy atom. The number of rotatable bonds is 3. The normalized spacial score (nSPS) is 10.9.